The van der Waals surface area contributed by atoms with Gasteiger partial charge < -0.3 is 9.84 Å². The Hall–Kier alpha value is -4.90. The van der Waals surface area contributed by atoms with Crippen molar-refractivity contribution in [3.05, 3.63) is 137 Å². The average molecular weight is 688 g/mol. The van der Waals surface area contributed by atoms with Crippen LogP contribution in [0.5, 0.6) is 0 Å². The summed E-state index contributed by atoms with van der Waals surface area (Å²) < 4.78 is 77.8. The molecular formula is C37H25ClF3NO5S. The van der Waals surface area contributed by atoms with Gasteiger partial charge >= 0.3 is 5.97 Å². The van der Waals surface area contributed by atoms with Crippen LogP contribution < -0.4 is 0 Å². The number of carboxylic acid groups (broad SMARTS) is 1. The smallest absolute Gasteiger partial charge is 0.335 e. The van der Waals surface area contributed by atoms with E-state index in [-0.39, 0.29) is 38.2 Å². The lowest BCUT2D eigenvalue weighted by Crippen LogP contribution is -2.25. The van der Waals surface area contributed by atoms with Crippen molar-refractivity contribution in [2.45, 2.75) is 17.2 Å². The minimum atomic E-state index is -4.48. The van der Waals surface area contributed by atoms with Crippen LogP contribution in [-0.2, 0) is 14.8 Å². The first-order valence-electron chi connectivity index (χ1n) is 14.8. The number of fused-ring (bicyclic) bond motifs is 1. The largest absolute Gasteiger partial charge is 0.478 e. The molecule has 1 saturated heterocycles. The van der Waals surface area contributed by atoms with Gasteiger partial charge in [0.05, 0.1) is 34.9 Å². The standard InChI is InChI=1S/C37H25ClF3NO5S/c38-32-17-24(37(43)44)10-14-29(32)22-4-3-5-23(16-22)35-34(30-7-2-1-6-28(30)25-19-47-20-25)31-18-26(39)11-15-33(31)42(35)48(45,46)27-12-8-21(9-13-27)36(40)41/h1-18,25,36H,19-20H2,(H,43,44). The van der Waals surface area contributed by atoms with Crippen molar-refractivity contribution in [2.75, 3.05) is 13.2 Å². The fourth-order valence-electron chi connectivity index (χ4n) is 6.12. The van der Waals surface area contributed by atoms with Crippen LogP contribution in [0, 0.1) is 5.82 Å². The number of halogens is 4. The van der Waals surface area contributed by atoms with Gasteiger partial charge in [0.25, 0.3) is 16.4 Å². The Morgan fingerprint density at radius 3 is 2.25 bits per heavy atom. The highest BCUT2D eigenvalue weighted by molar-refractivity contribution is 7.90. The minimum Gasteiger partial charge on any atom is -0.478 e. The molecule has 1 aromatic heterocycles. The molecule has 0 radical (unpaired) electrons. The van der Waals surface area contributed by atoms with Gasteiger partial charge in [0.15, 0.2) is 0 Å². The summed E-state index contributed by atoms with van der Waals surface area (Å²) in [5.41, 5.74) is 3.65. The number of hydrogen-bond donors (Lipinski definition) is 1. The molecule has 0 saturated carbocycles. The Morgan fingerprint density at radius 1 is 0.854 bits per heavy atom. The van der Waals surface area contributed by atoms with Crippen LogP contribution in [0.3, 0.4) is 0 Å². The number of ether oxygens (including phenoxy) is 1. The van der Waals surface area contributed by atoms with Crippen LogP contribution >= 0.6 is 11.6 Å². The molecule has 0 amide bonds. The third-order valence-corrected chi connectivity index (χ3v) is 10.6. The lowest BCUT2D eigenvalue weighted by Gasteiger charge is -2.28. The molecule has 0 bridgehead atoms. The van der Waals surface area contributed by atoms with Crippen LogP contribution in [0.15, 0.2) is 114 Å². The molecule has 242 valence electrons. The molecule has 6 nitrogen and oxygen atoms in total. The predicted molar refractivity (Wildman–Crippen MR) is 178 cm³/mol. The second-order valence-electron chi connectivity index (χ2n) is 11.4. The topological polar surface area (TPSA) is 85.6 Å². The van der Waals surface area contributed by atoms with E-state index in [4.69, 9.17) is 16.3 Å². The van der Waals surface area contributed by atoms with Gasteiger partial charge in [0.1, 0.15) is 5.82 Å². The lowest BCUT2D eigenvalue weighted by molar-refractivity contribution is 0.00864. The minimum absolute atomic E-state index is 0.00452. The lowest BCUT2D eigenvalue weighted by atomic mass is 9.87. The molecule has 11 heteroatoms. The maximum absolute atomic E-state index is 15.1. The number of aromatic nitrogens is 1. The fourth-order valence-corrected chi connectivity index (χ4v) is 7.96. The van der Waals surface area contributed by atoms with E-state index in [0.717, 1.165) is 33.8 Å². The monoisotopic (exact) mass is 687 g/mol. The number of rotatable bonds is 8. The van der Waals surface area contributed by atoms with Crippen LogP contribution in [0.4, 0.5) is 13.2 Å². The third-order valence-electron chi connectivity index (χ3n) is 8.53. The SMILES string of the molecule is O=C(O)c1ccc(-c2cccc(-c3c(-c4ccccc4C4COC4)c4cc(F)ccc4n3S(=O)(=O)c3ccc(C(F)F)cc3)c2)c(Cl)c1. The summed E-state index contributed by atoms with van der Waals surface area (Å²) in [5, 5.41) is 9.94. The quantitative estimate of drug-likeness (QED) is 0.172. The number of hydrogen-bond acceptors (Lipinski definition) is 4. The molecule has 48 heavy (non-hydrogen) atoms. The Kier molecular flexibility index (Phi) is 8.11. The number of nitrogens with zero attached hydrogens (tertiary/aromatic N) is 1. The van der Waals surface area contributed by atoms with Crippen molar-refractivity contribution in [3.8, 4) is 33.5 Å². The molecule has 1 aliphatic rings. The first kappa shape index (κ1) is 31.7. The molecule has 6 aromatic rings. The van der Waals surface area contributed by atoms with Crippen LogP contribution in [-0.4, -0.2) is 36.7 Å². The summed E-state index contributed by atoms with van der Waals surface area (Å²) >= 11 is 6.54. The molecule has 1 N–H and O–H groups in total. The summed E-state index contributed by atoms with van der Waals surface area (Å²) in [7, 11) is -4.48. The highest BCUT2D eigenvalue weighted by Crippen LogP contribution is 2.47. The van der Waals surface area contributed by atoms with Crippen molar-refractivity contribution < 1.29 is 36.2 Å². The van der Waals surface area contributed by atoms with Gasteiger partial charge in [-0.25, -0.2) is 30.4 Å². The molecule has 0 unspecified atom stereocenters. The number of benzene rings is 5. The maximum Gasteiger partial charge on any atom is 0.335 e. The first-order valence-corrected chi connectivity index (χ1v) is 16.6. The molecular weight excluding hydrogens is 663 g/mol. The van der Waals surface area contributed by atoms with E-state index in [9.17, 15) is 27.1 Å². The van der Waals surface area contributed by atoms with Gasteiger partial charge in [-0.05, 0) is 65.2 Å². The Balaban J connectivity index is 1.56. The Labute approximate surface area is 278 Å². The molecule has 2 heterocycles. The summed E-state index contributed by atoms with van der Waals surface area (Å²) in [6.45, 7) is 0.933. The zero-order valence-electron chi connectivity index (χ0n) is 24.9. The number of alkyl halides is 2. The summed E-state index contributed by atoms with van der Waals surface area (Å²) in [4.78, 5) is 11.3. The van der Waals surface area contributed by atoms with Gasteiger partial charge in [-0.1, -0.05) is 72.3 Å². The van der Waals surface area contributed by atoms with Gasteiger partial charge in [-0.15, -0.1) is 0 Å². The highest BCUT2D eigenvalue weighted by atomic mass is 35.5. The van der Waals surface area contributed by atoms with Crippen LogP contribution in [0.2, 0.25) is 5.02 Å². The van der Waals surface area contributed by atoms with Crippen molar-refractivity contribution in [1.29, 1.82) is 0 Å². The van der Waals surface area contributed by atoms with Gasteiger partial charge in [0.2, 0.25) is 0 Å². The molecule has 0 aliphatic carbocycles. The van der Waals surface area contributed by atoms with Crippen LogP contribution in [0.1, 0.15) is 33.8 Å². The van der Waals surface area contributed by atoms with Gasteiger partial charge in [-0.2, -0.15) is 0 Å². The second kappa shape index (κ2) is 12.3. The van der Waals surface area contributed by atoms with Crippen molar-refractivity contribution in [2.24, 2.45) is 0 Å². The second-order valence-corrected chi connectivity index (χ2v) is 13.6. The zero-order valence-corrected chi connectivity index (χ0v) is 26.5. The van der Waals surface area contributed by atoms with E-state index in [1.807, 2.05) is 24.3 Å². The normalized spacial score (nSPS) is 13.6. The molecule has 0 atom stereocenters. The van der Waals surface area contributed by atoms with E-state index in [1.54, 1.807) is 30.3 Å². The molecule has 1 fully saturated rings. The van der Waals surface area contributed by atoms with E-state index in [2.05, 4.69) is 0 Å². The highest BCUT2D eigenvalue weighted by Gasteiger charge is 2.32. The van der Waals surface area contributed by atoms with E-state index in [1.165, 1.54) is 30.3 Å². The number of carbonyl (C=O) groups is 1. The first-order chi connectivity index (χ1) is 23.0. The molecule has 7 rings (SSSR count). The predicted octanol–water partition coefficient (Wildman–Crippen LogP) is 9.42. The fraction of sp³-hybridized carbons (Fsp3) is 0.108. The maximum atomic E-state index is 15.1. The van der Waals surface area contributed by atoms with E-state index >= 15 is 4.39 Å². The zero-order chi connectivity index (χ0) is 33.7. The Morgan fingerprint density at radius 2 is 1.58 bits per heavy atom. The molecule has 5 aromatic carbocycles. The van der Waals surface area contributed by atoms with Crippen molar-refractivity contribution >= 4 is 38.5 Å². The van der Waals surface area contributed by atoms with E-state index < -0.39 is 28.2 Å². The number of carboxylic acids is 1. The summed E-state index contributed by atoms with van der Waals surface area (Å²) in [6.07, 6.45) is -2.79. The van der Waals surface area contributed by atoms with Gasteiger partial charge in [-0.3, -0.25) is 0 Å². The van der Waals surface area contributed by atoms with Crippen molar-refractivity contribution in [3.63, 3.8) is 0 Å². The third kappa shape index (κ3) is 5.45. The average Bonchev–Trinajstić information content (AvgIpc) is 3.39. The number of aromatic carboxylic acids is 1. The summed E-state index contributed by atoms with van der Waals surface area (Å²) in [5.74, 6) is -1.69. The Bertz CT molecular complexity index is 2330. The van der Waals surface area contributed by atoms with E-state index in [0.29, 0.717) is 46.4 Å². The van der Waals surface area contributed by atoms with Crippen molar-refractivity contribution in [1.82, 2.24) is 3.97 Å². The molecule has 1 aliphatic heterocycles. The van der Waals surface area contributed by atoms with Crippen LogP contribution in [0.25, 0.3) is 44.4 Å². The summed E-state index contributed by atoms with van der Waals surface area (Å²) in [6, 6.07) is 27.0. The van der Waals surface area contributed by atoms with Gasteiger partial charge in [0, 0.05) is 38.6 Å². The molecule has 0 spiro atoms.